The van der Waals surface area contributed by atoms with E-state index in [2.05, 4.69) is 178 Å². The smallest absolute Gasteiger partial charge is 0.136 e. The SMILES string of the molecule is CC(C)c1cc(-c2ccccc2)cc(C(C)C)c1-n1c(-c2[c-]ccc3c2oc2cc4c(cc23)oc2ccccc24)nc2ccc3ccccc3c21.[2H]C([2H])([2H])c1c[c-]c(-c2nccc(C(C)(C)C)n2)cc1.[Ir]. The molecular formula is C62H52IrN4O2-2. The van der Waals surface area contributed by atoms with Crippen LogP contribution in [0.4, 0.5) is 0 Å². The van der Waals surface area contributed by atoms with Crippen LogP contribution in [0.2, 0.25) is 0 Å². The van der Waals surface area contributed by atoms with Crippen molar-refractivity contribution in [2.24, 2.45) is 0 Å². The van der Waals surface area contributed by atoms with Crippen molar-refractivity contribution in [1.29, 1.82) is 0 Å². The van der Waals surface area contributed by atoms with Crippen molar-refractivity contribution in [3.05, 3.63) is 192 Å². The van der Waals surface area contributed by atoms with Crippen LogP contribution in [0.1, 0.15) is 86.8 Å². The van der Waals surface area contributed by atoms with Gasteiger partial charge in [0.05, 0.1) is 28.3 Å². The molecule has 4 heterocycles. The number of fused-ring (bicyclic) bond motifs is 9. The van der Waals surface area contributed by atoms with E-state index in [0.717, 1.165) is 77.4 Å². The molecule has 7 heteroatoms. The Labute approximate surface area is 420 Å². The molecule has 6 nitrogen and oxygen atoms in total. The second-order valence-electron chi connectivity index (χ2n) is 19.3. The zero-order valence-corrected chi connectivity index (χ0v) is 42.0. The molecular weight excluding hydrogens is 1020 g/mol. The Bertz CT molecular complexity index is 3940. The summed E-state index contributed by atoms with van der Waals surface area (Å²) >= 11 is 0. The number of nitrogens with zero attached hydrogens (tertiary/aromatic N) is 4. The zero-order valence-electron chi connectivity index (χ0n) is 42.6. The first-order valence-electron chi connectivity index (χ1n) is 24.8. The van der Waals surface area contributed by atoms with Gasteiger partial charge in [0.2, 0.25) is 0 Å². The molecule has 0 amide bonds. The number of rotatable bonds is 6. The van der Waals surface area contributed by atoms with Gasteiger partial charge in [-0.05, 0) is 81.9 Å². The molecule has 0 bridgehead atoms. The van der Waals surface area contributed by atoms with Gasteiger partial charge in [0.1, 0.15) is 16.7 Å². The van der Waals surface area contributed by atoms with Gasteiger partial charge < -0.3 is 13.4 Å². The second kappa shape index (κ2) is 18.0. The van der Waals surface area contributed by atoms with Crippen molar-refractivity contribution in [3.63, 3.8) is 0 Å². The molecule has 69 heavy (non-hydrogen) atoms. The quantitative estimate of drug-likeness (QED) is 0.155. The van der Waals surface area contributed by atoms with Gasteiger partial charge in [0.15, 0.2) is 0 Å². The van der Waals surface area contributed by atoms with Crippen LogP contribution in [0.25, 0.3) is 105 Å². The molecule has 0 unspecified atom stereocenters. The Morgan fingerprint density at radius 1 is 0.623 bits per heavy atom. The van der Waals surface area contributed by atoms with Gasteiger partial charge in [-0.3, -0.25) is 15.0 Å². The maximum Gasteiger partial charge on any atom is 0.136 e. The molecule has 0 saturated carbocycles. The molecule has 0 aliphatic carbocycles. The van der Waals surface area contributed by atoms with E-state index in [1.165, 1.54) is 39.4 Å². The summed E-state index contributed by atoms with van der Waals surface area (Å²) in [5, 5.41) is 6.49. The van der Waals surface area contributed by atoms with Crippen LogP contribution >= 0.6 is 0 Å². The summed E-state index contributed by atoms with van der Waals surface area (Å²) in [5.74, 6) is 1.88. The topological polar surface area (TPSA) is 69.9 Å². The maximum atomic E-state index is 7.35. The molecule has 8 aromatic carbocycles. The van der Waals surface area contributed by atoms with Crippen LogP contribution in [-0.2, 0) is 25.5 Å². The van der Waals surface area contributed by atoms with E-state index >= 15 is 0 Å². The summed E-state index contributed by atoms with van der Waals surface area (Å²) in [6.45, 7) is 13.3. The third-order valence-electron chi connectivity index (χ3n) is 12.9. The number of benzene rings is 8. The van der Waals surface area contributed by atoms with E-state index in [9.17, 15) is 0 Å². The fourth-order valence-corrected chi connectivity index (χ4v) is 9.43. The number of para-hydroxylation sites is 1. The Kier molecular flexibility index (Phi) is 11.0. The van der Waals surface area contributed by atoms with E-state index < -0.39 is 6.85 Å². The van der Waals surface area contributed by atoms with Crippen molar-refractivity contribution in [2.45, 2.75) is 72.6 Å². The second-order valence-corrected chi connectivity index (χ2v) is 19.3. The van der Waals surface area contributed by atoms with Gasteiger partial charge in [-0.1, -0.05) is 145 Å². The number of hydrogen-bond acceptors (Lipinski definition) is 5. The number of aryl methyl sites for hydroxylation is 1. The van der Waals surface area contributed by atoms with Crippen LogP contribution in [0.3, 0.4) is 0 Å². The van der Waals surface area contributed by atoms with Gasteiger partial charge in [0.25, 0.3) is 0 Å². The van der Waals surface area contributed by atoms with Crippen LogP contribution in [0, 0.1) is 19.0 Å². The molecule has 0 aliphatic rings. The van der Waals surface area contributed by atoms with Crippen molar-refractivity contribution < 1.29 is 33.1 Å². The molecule has 1 radical (unpaired) electrons. The Hall–Kier alpha value is -7.18. The molecule has 12 aromatic rings. The first-order valence-corrected chi connectivity index (χ1v) is 23.3. The monoisotopic (exact) mass is 1080 g/mol. The van der Waals surface area contributed by atoms with Crippen molar-refractivity contribution in [2.75, 3.05) is 0 Å². The fraction of sp³-hybridized carbons (Fsp3) is 0.177. The Morgan fingerprint density at radius 2 is 1.32 bits per heavy atom. The zero-order chi connectivity index (χ0) is 49.3. The van der Waals surface area contributed by atoms with Crippen LogP contribution < -0.4 is 0 Å². The van der Waals surface area contributed by atoms with Crippen LogP contribution in [0.5, 0.6) is 0 Å². The summed E-state index contributed by atoms with van der Waals surface area (Å²) in [6.07, 6.45) is 1.72. The molecule has 0 fully saturated rings. The standard InChI is InChI=1S/C47H35N2O2.C15H17N2.Ir/c1-27(2)36-23-31(29-13-6-5-7-14-29)24-37(28(3)4)44(36)49-45-32-16-9-8-15-30(32)21-22-40(45)48-47(49)35-19-12-18-34-39-26-42-38(25-43(39)51-46(34)35)33-17-10-11-20-41(33)50-42;1-11-5-7-12(8-6-11)14-16-10-9-13(17-14)15(2,3)4;/h5-18,20-28H,1-4H3;5-7,9-10H,1-4H3;/q2*-1;/i;1D3;. The number of furan rings is 2. The first kappa shape index (κ1) is 42.0. The summed E-state index contributed by atoms with van der Waals surface area (Å²) in [7, 11) is 0. The molecule has 0 N–H and O–H groups in total. The van der Waals surface area contributed by atoms with Gasteiger partial charge in [-0.2, -0.15) is 0 Å². The van der Waals surface area contributed by atoms with E-state index in [1.54, 1.807) is 18.3 Å². The van der Waals surface area contributed by atoms with Crippen LogP contribution in [0.15, 0.2) is 167 Å². The van der Waals surface area contributed by atoms with E-state index in [0.29, 0.717) is 11.4 Å². The Morgan fingerprint density at radius 3 is 2.03 bits per heavy atom. The molecule has 0 atom stereocenters. The van der Waals surface area contributed by atoms with E-state index in [1.807, 2.05) is 30.3 Å². The van der Waals surface area contributed by atoms with Gasteiger partial charge >= 0.3 is 0 Å². The molecule has 12 rings (SSSR count). The molecule has 0 aliphatic heterocycles. The molecule has 4 aromatic heterocycles. The largest absolute Gasteiger partial charge is 0.501 e. The predicted molar refractivity (Wildman–Crippen MR) is 281 cm³/mol. The maximum absolute atomic E-state index is 7.35. The normalized spacial score (nSPS) is 12.7. The average Bonchev–Trinajstić information content (AvgIpc) is 4.06. The first-order chi connectivity index (χ1) is 34.1. The third kappa shape index (κ3) is 8.24. The van der Waals surface area contributed by atoms with Crippen molar-refractivity contribution >= 4 is 65.7 Å². The molecule has 0 spiro atoms. The molecule has 0 saturated heterocycles. The minimum atomic E-state index is -2.11. The summed E-state index contributed by atoms with van der Waals surface area (Å²) in [5.41, 5.74) is 14.2. The number of aromatic nitrogens is 4. The summed E-state index contributed by atoms with van der Waals surface area (Å²) in [6, 6.07) is 58.1. The van der Waals surface area contributed by atoms with Crippen molar-refractivity contribution in [1.82, 2.24) is 19.5 Å². The van der Waals surface area contributed by atoms with Gasteiger partial charge in [-0.25, -0.2) is 0 Å². The Balaban J connectivity index is 0.000000240. The fourth-order valence-electron chi connectivity index (χ4n) is 9.43. The average molecular weight is 1080 g/mol. The van der Waals surface area contributed by atoms with Crippen LogP contribution in [-0.4, -0.2) is 19.5 Å². The van der Waals surface area contributed by atoms with E-state index in [4.69, 9.17) is 17.9 Å². The predicted octanol–water partition coefficient (Wildman–Crippen LogP) is 16.9. The number of imidazole rings is 1. The van der Waals surface area contributed by atoms with Gasteiger partial charge in [0, 0.05) is 68.8 Å². The summed E-state index contributed by atoms with van der Waals surface area (Å²) < 4.78 is 37.6. The minimum Gasteiger partial charge on any atom is -0.501 e. The number of hydrogen-bond donors (Lipinski definition) is 0. The minimum absolute atomic E-state index is 0. The molecule has 343 valence electrons. The van der Waals surface area contributed by atoms with Gasteiger partial charge in [-0.15, -0.1) is 53.6 Å². The third-order valence-corrected chi connectivity index (χ3v) is 12.9. The van der Waals surface area contributed by atoms with E-state index in [-0.39, 0.29) is 42.9 Å². The summed E-state index contributed by atoms with van der Waals surface area (Å²) in [4.78, 5) is 14.2. The van der Waals surface area contributed by atoms with Crippen molar-refractivity contribution in [3.8, 4) is 39.6 Å².